The summed E-state index contributed by atoms with van der Waals surface area (Å²) in [6, 6.07) is 0.172. The van der Waals surface area contributed by atoms with Gasteiger partial charge >= 0.3 is 0 Å². The predicted molar refractivity (Wildman–Crippen MR) is 61.6 cm³/mol. The van der Waals surface area contributed by atoms with E-state index in [1.54, 1.807) is 7.05 Å². The van der Waals surface area contributed by atoms with E-state index in [1.807, 2.05) is 6.92 Å². The highest BCUT2D eigenvalue weighted by Crippen LogP contribution is 2.08. The van der Waals surface area contributed by atoms with Crippen molar-refractivity contribution in [1.29, 1.82) is 0 Å². The van der Waals surface area contributed by atoms with E-state index in [0.717, 1.165) is 6.42 Å². The smallest absolute Gasteiger partial charge is 0.221 e. The molecule has 3 N–H and O–H groups in total. The van der Waals surface area contributed by atoms with Crippen molar-refractivity contribution in [2.75, 3.05) is 13.7 Å². The van der Waals surface area contributed by atoms with Crippen molar-refractivity contribution in [3.8, 4) is 0 Å². The summed E-state index contributed by atoms with van der Waals surface area (Å²) in [4.78, 5) is 11.1. The molecule has 0 aromatic carbocycles. The van der Waals surface area contributed by atoms with Crippen LogP contribution in [0.15, 0.2) is 0 Å². The van der Waals surface area contributed by atoms with Gasteiger partial charge in [0.25, 0.3) is 0 Å². The van der Waals surface area contributed by atoms with E-state index in [-0.39, 0.29) is 24.6 Å². The average Bonchev–Trinajstić information content (AvgIpc) is 2.24. The fraction of sp³-hybridized carbons (Fsp3) is 0.909. The molecular formula is C11H24N2O2. The van der Waals surface area contributed by atoms with Crippen LogP contribution in [0.2, 0.25) is 0 Å². The molecule has 90 valence electrons. The largest absolute Gasteiger partial charge is 0.395 e. The Hall–Kier alpha value is -0.610. The normalized spacial score (nSPS) is 16.9. The minimum absolute atomic E-state index is 0.0239. The van der Waals surface area contributed by atoms with Gasteiger partial charge in [-0.3, -0.25) is 4.79 Å². The van der Waals surface area contributed by atoms with Gasteiger partial charge in [0.05, 0.1) is 6.61 Å². The molecule has 1 amide bonds. The lowest BCUT2D eigenvalue weighted by molar-refractivity contribution is -0.121. The molecule has 0 heterocycles. The number of nitrogens with one attached hydrogen (secondary N) is 2. The number of hydrogen-bond donors (Lipinski definition) is 3. The third kappa shape index (κ3) is 5.74. The van der Waals surface area contributed by atoms with Crippen molar-refractivity contribution in [3.63, 3.8) is 0 Å². The first-order chi connectivity index (χ1) is 7.04. The van der Waals surface area contributed by atoms with Gasteiger partial charge in [0.2, 0.25) is 5.91 Å². The summed E-state index contributed by atoms with van der Waals surface area (Å²) >= 11 is 0. The number of amides is 1. The van der Waals surface area contributed by atoms with Crippen LogP contribution >= 0.6 is 0 Å². The zero-order chi connectivity index (χ0) is 11.8. The number of carbonyl (C=O) groups excluding carboxylic acids is 1. The fourth-order valence-corrected chi connectivity index (χ4v) is 1.49. The maximum Gasteiger partial charge on any atom is 0.221 e. The number of aliphatic hydroxyl groups excluding tert-OH is 1. The molecule has 0 rings (SSSR count). The van der Waals surface area contributed by atoms with Crippen molar-refractivity contribution >= 4 is 5.91 Å². The zero-order valence-electron chi connectivity index (χ0n) is 10.2. The molecule has 4 heteroatoms. The molecule has 0 aliphatic rings. The van der Waals surface area contributed by atoms with E-state index in [1.165, 1.54) is 0 Å². The molecule has 0 fully saturated rings. The van der Waals surface area contributed by atoms with Crippen molar-refractivity contribution in [1.82, 2.24) is 10.6 Å². The van der Waals surface area contributed by atoms with E-state index in [2.05, 4.69) is 24.5 Å². The molecule has 0 spiro atoms. The standard InChI is InChI=1S/C11H24N2O2/c1-5-8(2)10(7-14)13-9(3)6-11(15)12-4/h8-10,13-14H,5-7H2,1-4H3,(H,12,15). The zero-order valence-corrected chi connectivity index (χ0v) is 10.2. The lowest BCUT2D eigenvalue weighted by atomic mass is 9.99. The molecule has 0 aliphatic heterocycles. The van der Waals surface area contributed by atoms with Crippen molar-refractivity contribution in [2.45, 2.75) is 45.7 Å². The van der Waals surface area contributed by atoms with Crippen LogP contribution < -0.4 is 10.6 Å². The maximum atomic E-state index is 11.1. The molecule has 0 aliphatic carbocycles. The molecule has 0 saturated heterocycles. The summed E-state index contributed by atoms with van der Waals surface area (Å²) in [5.41, 5.74) is 0. The lowest BCUT2D eigenvalue weighted by Gasteiger charge is -2.25. The Morgan fingerprint density at radius 1 is 1.40 bits per heavy atom. The number of rotatable bonds is 7. The molecule has 0 saturated carbocycles. The summed E-state index contributed by atoms with van der Waals surface area (Å²) in [5, 5.41) is 15.1. The Bertz CT molecular complexity index is 185. The quantitative estimate of drug-likeness (QED) is 0.581. The van der Waals surface area contributed by atoms with Crippen LogP contribution in [-0.2, 0) is 4.79 Å². The van der Waals surface area contributed by atoms with Gasteiger partial charge in [-0.2, -0.15) is 0 Å². The van der Waals surface area contributed by atoms with Gasteiger partial charge < -0.3 is 15.7 Å². The third-order valence-electron chi connectivity index (χ3n) is 2.80. The van der Waals surface area contributed by atoms with E-state index in [4.69, 9.17) is 0 Å². The summed E-state index contributed by atoms with van der Waals surface area (Å²) in [7, 11) is 1.63. The molecule has 3 unspecified atom stereocenters. The second kappa shape index (κ2) is 7.65. The summed E-state index contributed by atoms with van der Waals surface area (Å²) in [5.74, 6) is 0.443. The second-order valence-corrected chi connectivity index (χ2v) is 4.12. The van der Waals surface area contributed by atoms with Gasteiger partial charge in [-0.15, -0.1) is 0 Å². The molecule has 15 heavy (non-hydrogen) atoms. The number of hydrogen-bond acceptors (Lipinski definition) is 3. The van der Waals surface area contributed by atoms with E-state index < -0.39 is 0 Å². The first-order valence-corrected chi connectivity index (χ1v) is 5.62. The number of aliphatic hydroxyl groups is 1. The second-order valence-electron chi connectivity index (χ2n) is 4.12. The van der Waals surface area contributed by atoms with E-state index in [9.17, 15) is 9.90 Å². The summed E-state index contributed by atoms with van der Waals surface area (Å²) < 4.78 is 0. The molecule has 0 aromatic heterocycles. The molecular weight excluding hydrogens is 192 g/mol. The molecule has 0 radical (unpaired) electrons. The van der Waals surface area contributed by atoms with Crippen LogP contribution in [0, 0.1) is 5.92 Å². The van der Waals surface area contributed by atoms with Gasteiger partial charge in [0.1, 0.15) is 0 Å². The van der Waals surface area contributed by atoms with Crippen molar-refractivity contribution in [2.24, 2.45) is 5.92 Å². The Labute approximate surface area is 92.4 Å². The monoisotopic (exact) mass is 216 g/mol. The minimum atomic E-state index is 0.0239. The Morgan fingerprint density at radius 3 is 2.40 bits per heavy atom. The molecule has 0 aromatic rings. The Morgan fingerprint density at radius 2 is 2.00 bits per heavy atom. The van der Waals surface area contributed by atoms with Crippen LogP contribution in [0.4, 0.5) is 0 Å². The lowest BCUT2D eigenvalue weighted by Crippen LogP contribution is -2.44. The van der Waals surface area contributed by atoms with Crippen LogP contribution in [-0.4, -0.2) is 36.8 Å². The highest BCUT2D eigenvalue weighted by molar-refractivity contribution is 5.76. The van der Waals surface area contributed by atoms with Crippen LogP contribution in [0.1, 0.15) is 33.6 Å². The van der Waals surface area contributed by atoms with Crippen molar-refractivity contribution < 1.29 is 9.90 Å². The first kappa shape index (κ1) is 14.4. The number of carbonyl (C=O) groups is 1. The van der Waals surface area contributed by atoms with Crippen LogP contribution in [0.25, 0.3) is 0 Å². The first-order valence-electron chi connectivity index (χ1n) is 5.62. The highest BCUT2D eigenvalue weighted by Gasteiger charge is 2.17. The van der Waals surface area contributed by atoms with Crippen LogP contribution in [0.5, 0.6) is 0 Å². The van der Waals surface area contributed by atoms with Gasteiger partial charge in [-0.1, -0.05) is 20.3 Å². The Kier molecular flexibility index (Phi) is 7.34. The SMILES string of the molecule is CCC(C)C(CO)NC(C)CC(=O)NC. The Balaban J connectivity index is 4.00. The maximum absolute atomic E-state index is 11.1. The molecule has 4 nitrogen and oxygen atoms in total. The van der Waals surface area contributed by atoms with Gasteiger partial charge in [-0.25, -0.2) is 0 Å². The topological polar surface area (TPSA) is 61.4 Å². The highest BCUT2D eigenvalue weighted by atomic mass is 16.3. The van der Waals surface area contributed by atoms with E-state index in [0.29, 0.717) is 12.3 Å². The van der Waals surface area contributed by atoms with E-state index >= 15 is 0 Å². The van der Waals surface area contributed by atoms with Gasteiger partial charge in [0.15, 0.2) is 0 Å². The molecule has 0 bridgehead atoms. The summed E-state index contributed by atoms with van der Waals surface area (Å²) in [6.07, 6.45) is 1.47. The van der Waals surface area contributed by atoms with Gasteiger partial charge in [-0.05, 0) is 12.8 Å². The predicted octanol–water partition coefficient (Wildman–Crippen LogP) is 0.508. The summed E-state index contributed by atoms with van der Waals surface area (Å²) in [6.45, 7) is 6.27. The fourth-order valence-electron chi connectivity index (χ4n) is 1.49. The minimum Gasteiger partial charge on any atom is -0.395 e. The average molecular weight is 216 g/mol. The van der Waals surface area contributed by atoms with Gasteiger partial charge in [0, 0.05) is 25.6 Å². The molecule has 3 atom stereocenters. The third-order valence-corrected chi connectivity index (χ3v) is 2.80. The van der Waals surface area contributed by atoms with Crippen molar-refractivity contribution in [3.05, 3.63) is 0 Å². The van der Waals surface area contributed by atoms with Crippen LogP contribution in [0.3, 0.4) is 0 Å².